The third-order valence-corrected chi connectivity index (χ3v) is 3.93. The molecule has 0 aliphatic heterocycles. The molecule has 132 valence electrons. The molecule has 3 rings (SSSR count). The molecule has 1 heterocycles. The molecule has 0 bridgehead atoms. The van der Waals surface area contributed by atoms with Gasteiger partial charge in [-0.15, -0.1) is 0 Å². The molecule has 0 saturated carbocycles. The van der Waals surface area contributed by atoms with Gasteiger partial charge in [-0.3, -0.25) is 4.79 Å². The number of thiocarbonyl (C=S) groups is 1. The number of hydrogen-bond acceptors (Lipinski definition) is 3. The van der Waals surface area contributed by atoms with Crippen molar-refractivity contribution in [2.24, 2.45) is 0 Å². The van der Waals surface area contributed by atoms with Crippen molar-refractivity contribution in [3.63, 3.8) is 0 Å². The first kappa shape index (κ1) is 17.7. The number of anilines is 1. The Morgan fingerprint density at radius 3 is 2.54 bits per heavy atom. The Morgan fingerprint density at radius 1 is 0.923 bits per heavy atom. The van der Waals surface area contributed by atoms with E-state index in [1.807, 2.05) is 54.6 Å². The van der Waals surface area contributed by atoms with Crippen molar-refractivity contribution in [1.29, 1.82) is 0 Å². The first-order valence-corrected chi connectivity index (χ1v) is 8.61. The van der Waals surface area contributed by atoms with Gasteiger partial charge in [0.25, 0.3) is 5.91 Å². The van der Waals surface area contributed by atoms with E-state index in [4.69, 9.17) is 16.6 Å². The normalized spacial score (nSPS) is 10.2. The average molecular weight is 365 g/mol. The second kappa shape index (κ2) is 8.82. The standard InChI is InChI=1S/C20H19N3O2S/c24-19(21-13-15-6-2-1-3-7-15)16-8-4-9-17(12-16)23-20(26)22-14-18-10-5-11-25-18/h1-12H,13-14H2,(H,21,24)(H2,22,23,26). The van der Waals surface area contributed by atoms with E-state index in [-0.39, 0.29) is 5.91 Å². The fourth-order valence-corrected chi connectivity index (χ4v) is 2.56. The summed E-state index contributed by atoms with van der Waals surface area (Å²) >= 11 is 5.27. The summed E-state index contributed by atoms with van der Waals surface area (Å²) in [5.41, 5.74) is 2.37. The van der Waals surface area contributed by atoms with Gasteiger partial charge in [0.2, 0.25) is 0 Å². The van der Waals surface area contributed by atoms with Crippen molar-refractivity contribution in [2.45, 2.75) is 13.1 Å². The third-order valence-electron chi connectivity index (χ3n) is 3.68. The highest BCUT2D eigenvalue weighted by atomic mass is 32.1. The molecule has 0 unspecified atom stereocenters. The fourth-order valence-electron chi connectivity index (χ4n) is 2.37. The van der Waals surface area contributed by atoms with Crippen molar-refractivity contribution >= 4 is 28.9 Å². The molecule has 6 heteroatoms. The second-order valence-electron chi connectivity index (χ2n) is 5.64. The Morgan fingerprint density at radius 2 is 1.77 bits per heavy atom. The number of rotatable bonds is 6. The van der Waals surface area contributed by atoms with Crippen LogP contribution >= 0.6 is 12.2 Å². The van der Waals surface area contributed by atoms with Crippen LogP contribution in [0.1, 0.15) is 21.7 Å². The first-order chi connectivity index (χ1) is 12.7. The summed E-state index contributed by atoms with van der Waals surface area (Å²) in [7, 11) is 0. The molecule has 0 atom stereocenters. The number of nitrogens with one attached hydrogen (secondary N) is 3. The summed E-state index contributed by atoms with van der Waals surface area (Å²) in [5, 5.41) is 9.50. The van der Waals surface area contributed by atoms with Crippen LogP contribution in [0.4, 0.5) is 5.69 Å². The molecule has 0 fully saturated rings. The van der Waals surface area contributed by atoms with Gasteiger partial charge in [0.05, 0.1) is 12.8 Å². The fraction of sp³-hybridized carbons (Fsp3) is 0.100. The predicted octanol–water partition coefficient (Wildman–Crippen LogP) is 3.70. The van der Waals surface area contributed by atoms with E-state index in [1.165, 1.54) is 0 Å². The molecule has 3 aromatic rings. The van der Waals surface area contributed by atoms with Crippen LogP contribution in [0.2, 0.25) is 0 Å². The molecule has 1 amide bonds. The molecule has 2 aromatic carbocycles. The SMILES string of the molecule is O=C(NCc1ccccc1)c1cccc(NC(=S)NCc2ccco2)c1. The monoisotopic (exact) mass is 365 g/mol. The van der Waals surface area contributed by atoms with Crippen LogP contribution in [0.5, 0.6) is 0 Å². The highest BCUT2D eigenvalue weighted by molar-refractivity contribution is 7.80. The first-order valence-electron chi connectivity index (χ1n) is 8.20. The number of carbonyl (C=O) groups excluding carboxylic acids is 1. The largest absolute Gasteiger partial charge is 0.467 e. The summed E-state index contributed by atoms with van der Waals surface area (Å²) in [6.07, 6.45) is 1.62. The van der Waals surface area contributed by atoms with E-state index in [0.29, 0.717) is 23.8 Å². The Kier molecular flexibility index (Phi) is 6.01. The maximum absolute atomic E-state index is 12.3. The number of amides is 1. The highest BCUT2D eigenvalue weighted by Crippen LogP contribution is 2.11. The molecule has 3 N–H and O–H groups in total. The topological polar surface area (TPSA) is 66.3 Å². The Balaban J connectivity index is 1.53. The van der Waals surface area contributed by atoms with Crippen molar-refractivity contribution in [3.8, 4) is 0 Å². The van der Waals surface area contributed by atoms with Crippen LogP contribution in [0.15, 0.2) is 77.4 Å². The van der Waals surface area contributed by atoms with E-state index in [1.54, 1.807) is 18.4 Å². The number of furan rings is 1. The van der Waals surface area contributed by atoms with Crippen molar-refractivity contribution in [2.75, 3.05) is 5.32 Å². The molecule has 26 heavy (non-hydrogen) atoms. The maximum Gasteiger partial charge on any atom is 0.251 e. The van der Waals surface area contributed by atoms with Crippen LogP contribution in [0.25, 0.3) is 0 Å². The Hall–Kier alpha value is -3.12. The molecule has 0 saturated heterocycles. The lowest BCUT2D eigenvalue weighted by Crippen LogP contribution is -2.28. The Bertz CT molecular complexity index is 864. The van der Waals surface area contributed by atoms with Gasteiger partial charge in [-0.25, -0.2) is 0 Å². The zero-order chi connectivity index (χ0) is 18.2. The molecule has 0 spiro atoms. The van der Waals surface area contributed by atoms with Crippen molar-refractivity contribution in [3.05, 3.63) is 89.9 Å². The molecule has 1 aromatic heterocycles. The van der Waals surface area contributed by atoms with Gasteiger partial charge in [0.15, 0.2) is 5.11 Å². The molecule has 0 aliphatic carbocycles. The number of hydrogen-bond donors (Lipinski definition) is 3. The van der Waals surface area contributed by atoms with E-state index < -0.39 is 0 Å². The number of benzene rings is 2. The summed E-state index contributed by atoms with van der Waals surface area (Å²) < 4.78 is 5.25. The minimum Gasteiger partial charge on any atom is -0.467 e. The summed E-state index contributed by atoms with van der Waals surface area (Å²) in [4.78, 5) is 12.3. The van der Waals surface area contributed by atoms with Crippen LogP contribution in [0, 0.1) is 0 Å². The average Bonchev–Trinajstić information content (AvgIpc) is 3.19. The van der Waals surface area contributed by atoms with E-state index in [0.717, 1.165) is 17.0 Å². The maximum atomic E-state index is 12.3. The smallest absolute Gasteiger partial charge is 0.251 e. The molecule has 5 nitrogen and oxygen atoms in total. The zero-order valence-corrected chi connectivity index (χ0v) is 14.9. The zero-order valence-electron chi connectivity index (χ0n) is 14.1. The van der Waals surface area contributed by atoms with E-state index in [2.05, 4.69) is 16.0 Å². The van der Waals surface area contributed by atoms with Crippen LogP contribution in [-0.2, 0) is 13.1 Å². The van der Waals surface area contributed by atoms with Crippen molar-refractivity contribution in [1.82, 2.24) is 10.6 Å². The highest BCUT2D eigenvalue weighted by Gasteiger charge is 2.07. The Labute approximate surface area is 157 Å². The quantitative estimate of drug-likeness (QED) is 0.581. The minimum absolute atomic E-state index is 0.132. The van der Waals surface area contributed by atoms with Gasteiger partial charge in [-0.2, -0.15) is 0 Å². The summed E-state index contributed by atoms with van der Waals surface area (Å²) in [6, 6.07) is 20.7. The minimum atomic E-state index is -0.132. The summed E-state index contributed by atoms with van der Waals surface area (Å²) in [6.45, 7) is 0.983. The molecular formula is C20H19N3O2S. The number of carbonyl (C=O) groups is 1. The van der Waals surface area contributed by atoms with Gasteiger partial charge < -0.3 is 20.4 Å². The van der Waals surface area contributed by atoms with Gasteiger partial charge >= 0.3 is 0 Å². The predicted molar refractivity (Wildman–Crippen MR) is 106 cm³/mol. The summed E-state index contributed by atoms with van der Waals surface area (Å²) in [5.74, 6) is 0.662. The van der Waals surface area contributed by atoms with Gasteiger partial charge in [0.1, 0.15) is 5.76 Å². The molecular weight excluding hydrogens is 346 g/mol. The molecule has 0 radical (unpaired) electrons. The van der Waals surface area contributed by atoms with Crippen LogP contribution in [-0.4, -0.2) is 11.0 Å². The van der Waals surface area contributed by atoms with E-state index in [9.17, 15) is 4.79 Å². The molecule has 0 aliphatic rings. The lowest BCUT2D eigenvalue weighted by Gasteiger charge is -2.11. The lowest BCUT2D eigenvalue weighted by atomic mass is 10.1. The van der Waals surface area contributed by atoms with Gasteiger partial charge in [-0.1, -0.05) is 36.4 Å². The van der Waals surface area contributed by atoms with Crippen LogP contribution in [0.3, 0.4) is 0 Å². The lowest BCUT2D eigenvalue weighted by molar-refractivity contribution is 0.0951. The second-order valence-corrected chi connectivity index (χ2v) is 6.04. The third kappa shape index (κ3) is 5.19. The van der Waals surface area contributed by atoms with Crippen LogP contribution < -0.4 is 16.0 Å². The van der Waals surface area contributed by atoms with Gasteiger partial charge in [-0.05, 0) is 48.1 Å². The van der Waals surface area contributed by atoms with Gasteiger partial charge in [0, 0.05) is 17.8 Å². The van der Waals surface area contributed by atoms with E-state index >= 15 is 0 Å². The van der Waals surface area contributed by atoms with Crippen molar-refractivity contribution < 1.29 is 9.21 Å².